The Kier molecular flexibility index (Phi) is 2.61. The van der Waals surface area contributed by atoms with E-state index in [0.29, 0.717) is 6.07 Å². The lowest BCUT2D eigenvalue weighted by Crippen LogP contribution is -2.11. The molecule has 0 amide bonds. The summed E-state index contributed by atoms with van der Waals surface area (Å²) in [5, 5.41) is 0. The van der Waals surface area contributed by atoms with Crippen molar-refractivity contribution in [2.75, 3.05) is 0 Å². The van der Waals surface area contributed by atoms with E-state index in [-0.39, 0.29) is 5.56 Å². The fourth-order valence-corrected chi connectivity index (χ4v) is 1.16. The Morgan fingerprint density at radius 2 is 1.46 bits per heavy atom. The number of thiol groups is 1. The lowest BCUT2D eigenvalue weighted by atomic mass is 10.0. The van der Waals surface area contributed by atoms with Crippen LogP contribution in [0.15, 0.2) is 12.1 Å². The Morgan fingerprint density at radius 3 is 1.92 bits per heavy atom. The number of rotatable bonds is 1. The maximum atomic E-state index is 13.1. The largest absolute Gasteiger partial charge is 0.207 e. The molecule has 0 aliphatic heterocycles. The van der Waals surface area contributed by atoms with Crippen LogP contribution in [-0.2, 0) is 4.75 Å². The third-order valence-corrected chi connectivity index (χ3v) is 1.91. The van der Waals surface area contributed by atoms with Gasteiger partial charge in [0.05, 0.1) is 0 Å². The highest BCUT2D eigenvalue weighted by Gasteiger charge is 2.21. The first-order valence-electron chi connectivity index (χ1n) is 3.70. The molecule has 0 N–H and O–H groups in total. The number of benzene rings is 1. The fraction of sp³-hybridized carbons (Fsp3) is 0.333. The van der Waals surface area contributed by atoms with Gasteiger partial charge >= 0.3 is 0 Å². The summed E-state index contributed by atoms with van der Waals surface area (Å²) in [6.45, 7) is 3.21. The average molecular weight is 206 g/mol. The molecule has 0 aromatic heterocycles. The molecule has 13 heavy (non-hydrogen) atoms. The van der Waals surface area contributed by atoms with Crippen molar-refractivity contribution in [2.24, 2.45) is 0 Å². The van der Waals surface area contributed by atoms with Gasteiger partial charge in [-0.15, -0.1) is 0 Å². The van der Waals surface area contributed by atoms with Gasteiger partial charge in [0.1, 0.15) is 5.82 Å². The van der Waals surface area contributed by atoms with Crippen molar-refractivity contribution in [1.82, 2.24) is 0 Å². The molecule has 0 atom stereocenters. The lowest BCUT2D eigenvalue weighted by Gasteiger charge is -2.18. The highest BCUT2D eigenvalue weighted by molar-refractivity contribution is 7.81. The van der Waals surface area contributed by atoms with Gasteiger partial charge in [0.15, 0.2) is 11.6 Å². The summed E-state index contributed by atoms with van der Waals surface area (Å²) in [6, 6.07) is 1.36. The Morgan fingerprint density at radius 1 is 1.00 bits per heavy atom. The van der Waals surface area contributed by atoms with Gasteiger partial charge in [-0.1, -0.05) is 0 Å². The molecule has 0 saturated heterocycles. The highest BCUT2D eigenvalue weighted by atomic mass is 32.1. The van der Waals surface area contributed by atoms with Crippen LogP contribution in [0, 0.1) is 17.5 Å². The quantitative estimate of drug-likeness (QED) is 0.529. The van der Waals surface area contributed by atoms with Crippen molar-refractivity contribution in [3.8, 4) is 0 Å². The number of hydrogen-bond donors (Lipinski definition) is 1. The van der Waals surface area contributed by atoms with Crippen LogP contribution in [-0.4, -0.2) is 0 Å². The molecular formula is C9H9F3S. The summed E-state index contributed by atoms with van der Waals surface area (Å²) in [5.74, 6) is -3.02. The first kappa shape index (κ1) is 10.4. The molecule has 0 aliphatic carbocycles. The monoisotopic (exact) mass is 206 g/mol. The van der Waals surface area contributed by atoms with Gasteiger partial charge in [-0.3, -0.25) is 0 Å². The molecule has 0 fully saturated rings. The third kappa shape index (κ3) is 2.18. The number of hydrogen-bond acceptors (Lipinski definition) is 1. The van der Waals surface area contributed by atoms with E-state index in [1.807, 2.05) is 0 Å². The molecule has 0 bridgehead atoms. The lowest BCUT2D eigenvalue weighted by molar-refractivity contribution is 0.485. The van der Waals surface area contributed by atoms with Gasteiger partial charge in [-0.2, -0.15) is 12.6 Å². The van der Waals surface area contributed by atoms with Crippen LogP contribution in [0.4, 0.5) is 13.2 Å². The van der Waals surface area contributed by atoms with Crippen LogP contribution in [0.1, 0.15) is 19.4 Å². The molecule has 0 spiro atoms. The van der Waals surface area contributed by atoms with E-state index < -0.39 is 22.2 Å². The van der Waals surface area contributed by atoms with Gasteiger partial charge in [0.25, 0.3) is 0 Å². The smallest absolute Gasteiger partial charge is 0.161 e. The zero-order valence-corrected chi connectivity index (χ0v) is 8.13. The predicted molar refractivity (Wildman–Crippen MR) is 48.3 cm³/mol. The minimum Gasteiger partial charge on any atom is -0.207 e. The second kappa shape index (κ2) is 3.25. The predicted octanol–water partition coefficient (Wildman–Crippen LogP) is 3.27. The van der Waals surface area contributed by atoms with Crippen molar-refractivity contribution in [2.45, 2.75) is 18.6 Å². The summed E-state index contributed by atoms with van der Waals surface area (Å²) >= 11 is 4.07. The van der Waals surface area contributed by atoms with E-state index in [1.165, 1.54) is 0 Å². The van der Waals surface area contributed by atoms with Crippen molar-refractivity contribution < 1.29 is 13.2 Å². The molecule has 0 nitrogen and oxygen atoms in total. The first-order valence-corrected chi connectivity index (χ1v) is 4.14. The molecule has 4 heteroatoms. The molecule has 0 unspecified atom stereocenters. The molecule has 1 aromatic rings. The van der Waals surface area contributed by atoms with E-state index in [0.717, 1.165) is 6.07 Å². The summed E-state index contributed by atoms with van der Waals surface area (Å²) in [7, 11) is 0. The molecule has 1 rings (SSSR count). The van der Waals surface area contributed by atoms with Crippen LogP contribution in [0.3, 0.4) is 0 Å². The van der Waals surface area contributed by atoms with Gasteiger partial charge < -0.3 is 0 Å². The summed E-state index contributed by atoms with van der Waals surface area (Å²) in [5.41, 5.74) is 0.0507. The second-order valence-corrected chi connectivity index (χ2v) is 4.42. The summed E-state index contributed by atoms with van der Waals surface area (Å²) in [6.07, 6.45) is 0. The molecule has 1 aromatic carbocycles. The van der Waals surface area contributed by atoms with E-state index in [1.54, 1.807) is 13.8 Å². The van der Waals surface area contributed by atoms with Gasteiger partial charge in [0, 0.05) is 16.4 Å². The molecule has 0 aliphatic rings. The Balaban J connectivity index is 3.32. The van der Waals surface area contributed by atoms with Crippen LogP contribution >= 0.6 is 12.6 Å². The van der Waals surface area contributed by atoms with Crippen molar-refractivity contribution >= 4 is 12.6 Å². The highest BCUT2D eigenvalue weighted by Crippen LogP contribution is 2.30. The standard InChI is InChI=1S/C9H9F3S/c1-9(2,13)5-3-7(11)8(12)4-6(5)10/h3-4,13H,1-2H3. The molecule has 0 radical (unpaired) electrons. The molecule has 0 saturated carbocycles. The van der Waals surface area contributed by atoms with E-state index in [9.17, 15) is 13.2 Å². The maximum Gasteiger partial charge on any atom is 0.161 e. The normalized spacial score (nSPS) is 11.8. The fourth-order valence-electron chi connectivity index (χ4n) is 0.991. The van der Waals surface area contributed by atoms with Crippen LogP contribution in [0.2, 0.25) is 0 Å². The topological polar surface area (TPSA) is 0 Å². The van der Waals surface area contributed by atoms with Gasteiger partial charge in [0.2, 0.25) is 0 Å². The zero-order valence-electron chi connectivity index (χ0n) is 7.24. The van der Waals surface area contributed by atoms with Gasteiger partial charge in [-0.05, 0) is 19.9 Å². The van der Waals surface area contributed by atoms with Crippen LogP contribution < -0.4 is 0 Å². The summed E-state index contributed by atoms with van der Waals surface area (Å²) < 4.78 is 37.5. The molecular weight excluding hydrogens is 197 g/mol. The Labute approximate surface area is 80.2 Å². The Bertz CT molecular complexity index is 328. The zero-order chi connectivity index (χ0) is 10.2. The average Bonchev–Trinajstić information content (AvgIpc) is 1.94. The number of halogens is 3. The SMILES string of the molecule is CC(C)(S)c1cc(F)c(F)cc1F. The van der Waals surface area contributed by atoms with Gasteiger partial charge in [-0.25, -0.2) is 13.2 Å². The van der Waals surface area contributed by atoms with E-state index in [4.69, 9.17) is 0 Å². The maximum absolute atomic E-state index is 13.1. The van der Waals surface area contributed by atoms with Crippen molar-refractivity contribution in [1.29, 1.82) is 0 Å². The van der Waals surface area contributed by atoms with Crippen LogP contribution in [0.5, 0.6) is 0 Å². The minimum absolute atomic E-state index is 0.0507. The van der Waals surface area contributed by atoms with Crippen molar-refractivity contribution in [3.63, 3.8) is 0 Å². The molecule has 72 valence electrons. The van der Waals surface area contributed by atoms with Crippen LogP contribution in [0.25, 0.3) is 0 Å². The van der Waals surface area contributed by atoms with E-state index in [2.05, 4.69) is 12.6 Å². The third-order valence-electron chi connectivity index (χ3n) is 1.67. The molecule has 0 heterocycles. The van der Waals surface area contributed by atoms with E-state index >= 15 is 0 Å². The van der Waals surface area contributed by atoms with Crippen molar-refractivity contribution in [3.05, 3.63) is 35.1 Å². The minimum atomic E-state index is -1.18. The Hall–Kier alpha value is -0.640. The summed E-state index contributed by atoms with van der Waals surface area (Å²) in [4.78, 5) is 0. The second-order valence-electron chi connectivity index (χ2n) is 3.31. The first-order chi connectivity index (χ1) is 5.82.